The minimum absolute atomic E-state index is 0.235. The van der Waals surface area contributed by atoms with Crippen LogP contribution in [0.3, 0.4) is 0 Å². The molecule has 1 aromatic carbocycles. The van der Waals surface area contributed by atoms with E-state index in [9.17, 15) is 4.79 Å². The number of furan rings is 1. The molecule has 130 valence electrons. The number of rotatable bonds is 11. The lowest BCUT2D eigenvalue weighted by atomic mass is 10.1. The molecule has 3 nitrogen and oxygen atoms in total. The third kappa shape index (κ3) is 6.61. The maximum Gasteiger partial charge on any atom is 0.222 e. The highest BCUT2D eigenvalue weighted by Crippen LogP contribution is 2.12. The summed E-state index contributed by atoms with van der Waals surface area (Å²) in [7, 11) is 0. The SMILES string of the molecule is CCCCCCCC(=O)N(CCc1ccccc1)Cc1ccco1. The zero-order valence-corrected chi connectivity index (χ0v) is 14.7. The highest BCUT2D eigenvalue weighted by atomic mass is 16.3. The minimum Gasteiger partial charge on any atom is -0.467 e. The van der Waals surface area contributed by atoms with E-state index >= 15 is 0 Å². The Hall–Kier alpha value is -2.03. The molecule has 1 aromatic heterocycles. The lowest BCUT2D eigenvalue weighted by Gasteiger charge is -2.22. The number of carbonyl (C=O) groups excluding carboxylic acids is 1. The maximum atomic E-state index is 12.6. The Morgan fingerprint density at radius 3 is 2.50 bits per heavy atom. The van der Waals surface area contributed by atoms with Gasteiger partial charge >= 0.3 is 0 Å². The standard InChI is InChI=1S/C21H29NO2/c1-2-3-4-5-9-14-21(23)22(18-20-13-10-17-24-20)16-15-19-11-7-6-8-12-19/h6-8,10-13,17H,2-5,9,14-16,18H2,1H3. The van der Waals surface area contributed by atoms with Crippen LogP contribution in [-0.2, 0) is 17.8 Å². The van der Waals surface area contributed by atoms with Crippen LogP contribution < -0.4 is 0 Å². The lowest BCUT2D eigenvalue weighted by molar-refractivity contribution is -0.132. The van der Waals surface area contributed by atoms with Crippen LogP contribution in [0.1, 0.15) is 56.8 Å². The zero-order valence-electron chi connectivity index (χ0n) is 14.7. The van der Waals surface area contributed by atoms with E-state index in [1.165, 1.54) is 24.8 Å². The van der Waals surface area contributed by atoms with Gasteiger partial charge in [-0.15, -0.1) is 0 Å². The molecule has 24 heavy (non-hydrogen) atoms. The van der Waals surface area contributed by atoms with Crippen molar-refractivity contribution in [2.45, 2.75) is 58.4 Å². The van der Waals surface area contributed by atoms with Crippen molar-refractivity contribution < 1.29 is 9.21 Å². The van der Waals surface area contributed by atoms with E-state index in [0.717, 1.165) is 31.6 Å². The van der Waals surface area contributed by atoms with Gasteiger partial charge < -0.3 is 9.32 Å². The van der Waals surface area contributed by atoms with Gasteiger partial charge in [-0.1, -0.05) is 62.9 Å². The summed E-state index contributed by atoms with van der Waals surface area (Å²) in [5.41, 5.74) is 1.26. The summed E-state index contributed by atoms with van der Waals surface area (Å²) < 4.78 is 5.43. The smallest absolute Gasteiger partial charge is 0.222 e. The van der Waals surface area contributed by atoms with Gasteiger partial charge in [0.1, 0.15) is 5.76 Å². The molecule has 0 fully saturated rings. The summed E-state index contributed by atoms with van der Waals surface area (Å²) >= 11 is 0. The number of hydrogen-bond donors (Lipinski definition) is 0. The van der Waals surface area contributed by atoms with Gasteiger partial charge in [0.05, 0.1) is 12.8 Å². The van der Waals surface area contributed by atoms with E-state index in [4.69, 9.17) is 4.42 Å². The van der Waals surface area contributed by atoms with Crippen LogP contribution in [0.5, 0.6) is 0 Å². The van der Waals surface area contributed by atoms with E-state index in [1.807, 2.05) is 35.2 Å². The van der Waals surface area contributed by atoms with Crippen LogP contribution in [0.2, 0.25) is 0 Å². The molecule has 0 spiro atoms. The Kier molecular flexibility index (Phi) is 8.16. The summed E-state index contributed by atoms with van der Waals surface area (Å²) in [5, 5.41) is 0. The minimum atomic E-state index is 0.235. The number of amides is 1. The third-order valence-corrected chi connectivity index (χ3v) is 4.29. The number of carbonyl (C=O) groups is 1. The van der Waals surface area contributed by atoms with E-state index in [-0.39, 0.29) is 5.91 Å². The second-order valence-corrected chi connectivity index (χ2v) is 6.29. The summed E-state index contributed by atoms with van der Waals surface area (Å²) in [4.78, 5) is 14.5. The van der Waals surface area contributed by atoms with Gasteiger partial charge in [0, 0.05) is 13.0 Å². The Morgan fingerprint density at radius 1 is 1.00 bits per heavy atom. The molecule has 2 rings (SSSR count). The first-order chi connectivity index (χ1) is 11.8. The molecule has 0 bridgehead atoms. The van der Waals surface area contributed by atoms with Gasteiger partial charge in [-0.25, -0.2) is 0 Å². The van der Waals surface area contributed by atoms with Crippen molar-refractivity contribution in [3.05, 3.63) is 60.1 Å². The fourth-order valence-corrected chi connectivity index (χ4v) is 2.83. The maximum absolute atomic E-state index is 12.6. The van der Waals surface area contributed by atoms with E-state index in [0.29, 0.717) is 13.0 Å². The van der Waals surface area contributed by atoms with Gasteiger partial charge in [0.25, 0.3) is 0 Å². The number of benzene rings is 1. The number of unbranched alkanes of at least 4 members (excludes halogenated alkanes) is 4. The highest BCUT2D eigenvalue weighted by molar-refractivity contribution is 5.76. The van der Waals surface area contributed by atoms with Crippen LogP contribution in [0.4, 0.5) is 0 Å². The largest absolute Gasteiger partial charge is 0.467 e. The van der Waals surface area contributed by atoms with Crippen molar-refractivity contribution in [1.82, 2.24) is 4.90 Å². The molecule has 3 heteroatoms. The normalized spacial score (nSPS) is 10.7. The Balaban J connectivity index is 1.85. The van der Waals surface area contributed by atoms with Crippen molar-refractivity contribution in [2.75, 3.05) is 6.54 Å². The average molecular weight is 327 g/mol. The predicted octanol–water partition coefficient (Wildman–Crippen LogP) is 5.21. The van der Waals surface area contributed by atoms with Crippen molar-refractivity contribution >= 4 is 5.91 Å². The van der Waals surface area contributed by atoms with Crippen LogP contribution in [0, 0.1) is 0 Å². The Morgan fingerprint density at radius 2 is 1.79 bits per heavy atom. The first-order valence-corrected chi connectivity index (χ1v) is 9.13. The number of nitrogens with zero attached hydrogens (tertiary/aromatic N) is 1. The topological polar surface area (TPSA) is 33.5 Å². The molecule has 1 heterocycles. The van der Waals surface area contributed by atoms with Gasteiger partial charge in [-0.3, -0.25) is 4.79 Å². The van der Waals surface area contributed by atoms with Crippen LogP contribution in [0.15, 0.2) is 53.1 Å². The van der Waals surface area contributed by atoms with E-state index in [2.05, 4.69) is 19.1 Å². The van der Waals surface area contributed by atoms with Crippen LogP contribution in [0.25, 0.3) is 0 Å². The summed E-state index contributed by atoms with van der Waals surface area (Å²) in [5.74, 6) is 1.08. The van der Waals surface area contributed by atoms with Gasteiger partial charge in [-0.2, -0.15) is 0 Å². The Bertz CT molecular complexity index is 563. The lowest BCUT2D eigenvalue weighted by Crippen LogP contribution is -2.32. The Labute approximate surface area is 145 Å². The second kappa shape index (κ2) is 10.7. The summed E-state index contributed by atoms with van der Waals surface area (Å²) in [6, 6.07) is 14.1. The fraction of sp³-hybridized carbons (Fsp3) is 0.476. The predicted molar refractivity (Wildman–Crippen MR) is 97.6 cm³/mol. The molecule has 0 atom stereocenters. The molecule has 0 aliphatic heterocycles. The molecule has 0 N–H and O–H groups in total. The molecule has 0 radical (unpaired) electrons. The molecule has 0 saturated carbocycles. The molecule has 0 aliphatic rings. The summed E-state index contributed by atoms with van der Waals surface area (Å²) in [6.07, 6.45) is 9.04. The van der Waals surface area contributed by atoms with Crippen LogP contribution in [-0.4, -0.2) is 17.4 Å². The van der Waals surface area contributed by atoms with Gasteiger partial charge in [-0.05, 0) is 30.5 Å². The highest BCUT2D eigenvalue weighted by Gasteiger charge is 2.15. The van der Waals surface area contributed by atoms with Crippen molar-refractivity contribution in [3.8, 4) is 0 Å². The van der Waals surface area contributed by atoms with E-state index < -0.39 is 0 Å². The van der Waals surface area contributed by atoms with Crippen LogP contribution >= 0.6 is 0 Å². The number of hydrogen-bond acceptors (Lipinski definition) is 2. The van der Waals surface area contributed by atoms with Crippen molar-refractivity contribution in [1.29, 1.82) is 0 Å². The van der Waals surface area contributed by atoms with Gasteiger partial charge in [0.2, 0.25) is 5.91 Å². The van der Waals surface area contributed by atoms with Crippen molar-refractivity contribution in [2.24, 2.45) is 0 Å². The average Bonchev–Trinajstić information content (AvgIpc) is 3.12. The summed E-state index contributed by atoms with van der Waals surface area (Å²) in [6.45, 7) is 3.51. The third-order valence-electron chi connectivity index (χ3n) is 4.29. The molecule has 1 amide bonds. The van der Waals surface area contributed by atoms with Crippen molar-refractivity contribution in [3.63, 3.8) is 0 Å². The van der Waals surface area contributed by atoms with Gasteiger partial charge in [0.15, 0.2) is 0 Å². The molecule has 2 aromatic rings. The molecule has 0 unspecified atom stereocenters. The quantitative estimate of drug-likeness (QED) is 0.531. The molecule has 0 saturated heterocycles. The molecule has 0 aliphatic carbocycles. The molecular weight excluding hydrogens is 298 g/mol. The first-order valence-electron chi connectivity index (χ1n) is 9.13. The second-order valence-electron chi connectivity index (χ2n) is 6.29. The van der Waals surface area contributed by atoms with E-state index in [1.54, 1.807) is 6.26 Å². The zero-order chi connectivity index (χ0) is 17.0. The monoisotopic (exact) mass is 327 g/mol. The first kappa shape index (κ1) is 18.3. The fourth-order valence-electron chi connectivity index (χ4n) is 2.83. The molecular formula is C21H29NO2.